The quantitative estimate of drug-likeness (QED) is 0.938. The summed E-state index contributed by atoms with van der Waals surface area (Å²) in [5.74, 6) is 0.388. The van der Waals surface area contributed by atoms with Crippen LogP contribution in [-0.2, 0) is 0 Å². The highest BCUT2D eigenvalue weighted by molar-refractivity contribution is 5.96. The van der Waals surface area contributed by atoms with Gasteiger partial charge in [0, 0.05) is 6.54 Å². The van der Waals surface area contributed by atoms with Crippen molar-refractivity contribution in [2.75, 3.05) is 6.54 Å². The van der Waals surface area contributed by atoms with Gasteiger partial charge in [0.1, 0.15) is 0 Å². The maximum atomic E-state index is 12.3. The molecule has 0 fully saturated rings. The van der Waals surface area contributed by atoms with Gasteiger partial charge in [0.25, 0.3) is 5.91 Å². The Bertz CT molecular complexity index is 656. The molecule has 0 spiro atoms. The Balaban J connectivity index is 2.36. The topological polar surface area (TPSA) is 46.9 Å². The molecule has 0 aliphatic rings. The van der Waals surface area contributed by atoms with Crippen LogP contribution >= 0.6 is 0 Å². The molecule has 0 bridgehead atoms. The maximum Gasteiger partial charge on any atom is 0.255 e. The summed E-state index contributed by atoms with van der Waals surface area (Å²) in [6.45, 7) is 10.7. The molecule has 0 unspecified atom stereocenters. The molecule has 1 aromatic heterocycles. The summed E-state index contributed by atoms with van der Waals surface area (Å²) in [5.41, 5.74) is 4.47. The van der Waals surface area contributed by atoms with E-state index in [9.17, 15) is 4.79 Å². The maximum absolute atomic E-state index is 12.3. The molecule has 2 rings (SSSR count). The molecular weight excluding hydrogens is 262 g/mol. The SMILES string of the molecule is Cc1cccc(-n2nc(C)c(C(=O)NCC(C)C)c2C)c1. The lowest BCUT2D eigenvalue weighted by Gasteiger charge is -2.08. The molecule has 1 amide bonds. The Morgan fingerprint density at radius 3 is 2.62 bits per heavy atom. The lowest BCUT2D eigenvalue weighted by molar-refractivity contribution is 0.0948. The van der Waals surface area contributed by atoms with Crippen LogP contribution in [0.1, 0.15) is 41.2 Å². The van der Waals surface area contributed by atoms with Gasteiger partial charge in [0.05, 0.1) is 22.6 Å². The number of aromatic nitrogens is 2. The number of benzene rings is 1. The van der Waals surface area contributed by atoms with Crippen LogP contribution in [0.5, 0.6) is 0 Å². The van der Waals surface area contributed by atoms with Crippen molar-refractivity contribution < 1.29 is 4.79 Å². The third kappa shape index (κ3) is 3.32. The predicted octanol–water partition coefficient (Wildman–Crippen LogP) is 3.18. The smallest absolute Gasteiger partial charge is 0.255 e. The molecule has 1 heterocycles. The van der Waals surface area contributed by atoms with Gasteiger partial charge in [-0.1, -0.05) is 26.0 Å². The summed E-state index contributed by atoms with van der Waals surface area (Å²) in [6.07, 6.45) is 0. The number of nitrogens with zero attached hydrogens (tertiary/aromatic N) is 2. The summed E-state index contributed by atoms with van der Waals surface area (Å²) in [4.78, 5) is 12.3. The van der Waals surface area contributed by atoms with E-state index in [-0.39, 0.29) is 5.91 Å². The normalized spacial score (nSPS) is 11.0. The fourth-order valence-corrected chi connectivity index (χ4v) is 2.37. The van der Waals surface area contributed by atoms with E-state index >= 15 is 0 Å². The Morgan fingerprint density at radius 1 is 1.29 bits per heavy atom. The number of rotatable bonds is 4. The van der Waals surface area contributed by atoms with Gasteiger partial charge < -0.3 is 5.32 Å². The Hall–Kier alpha value is -2.10. The van der Waals surface area contributed by atoms with E-state index in [4.69, 9.17) is 0 Å². The van der Waals surface area contributed by atoms with Crippen molar-refractivity contribution in [2.45, 2.75) is 34.6 Å². The number of aryl methyl sites for hydroxylation is 2. The van der Waals surface area contributed by atoms with E-state index < -0.39 is 0 Å². The van der Waals surface area contributed by atoms with Gasteiger partial charge in [-0.15, -0.1) is 0 Å². The molecule has 2 aromatic rings. The van der Waals surface area contributed by atoms with Crippen molar-refractivity contribution in [3.8, 4) is 5.69 Å². The second-order valence-corrected chi connectivity index (χ2v) is 5.90. The Labute approximate surface area is 126 Å². The summed E-state index contributed by atoms with van der Waals surface area (Å²) in [5, 5.41) is 7.49. The lowest BCUT2D eigenvalue weighted by Crippen LogP contribution is -2.28. The molecular formula is C17H23N3O. The number of hydrogen-bond acceptors (Lipinski definition) is 2. The van der Waals surface area contributed by atoms with Crippen LogP contribution in [0, 0.1) is 26.7 Å². The third-order valence-electron chi connectivity index (χ3n) is 3.44. The van der Waals surface area contributed by atoms with E-state index in [1.165, 1.54) is 5.56 Å². The molecule has 112 valence electrons. The monoisotopic (exact) mass is 285 g/mol. The zero-order valence-corrected chi connectivity index (χ0v) is 13.4. The molecule has 4 nitrogen and oxygen atoms in total. The van der Waals surface area contributed by atoms with Crippen LogP contribution in [0.25, 0.3) is 5.69 Å². The molecule has 0 aliphatic heterocycles. The first-order chi connectivity index (χ1) is 9.90. The number of hydrogen-bond donors (Lipinski definition) is 1. The molecule has 0 aliphatic carbocycles. The molecule has 0 radical (unpaired) electrons. The average Bonchev–Trinajstić information content (AvgIpc) is 2.71. The van der Waals surface area contributed by atoms with Gasteiger partial charge in [-0.05, 0) is 44.4 Å². The minimum atomic E-state index is -0.0439. The zero-order valence-electron chi connectivity index (χ0n) is 13.4. The minimum Gasteiger partial charge on any atom is -0.352 e. The van der Waals surface area contributed by atoms with Gasteiger partial charge in [0.2, 0.25) is 0 Å². The molecule has 0 atom stereocenters. The van der Waals surface area contributed by atoms with Gasteiger partial charge in [-0.2, -0.15) is 5.10 Å². The van der Waals surface area contributed by atoms with E-state index in [2.05, 4.69) is 30.3 Å². The van der Waals surface area contributed by atoms with Crippen LogP contribution in [-0.4, -0.2) is 22.2 Å². The minimum absolute atomic E-state index is 0.0439. The summed E-state index contributed by atoms with van der Waals surface area (Å²) < 4.78 is 1.84. The van der Waals surface area contributed by atoms with Crippen molar-refractivity contribution in [3.63, 3.8) is 0 Å². The van der Waals surface area contributed by atoms with Crippen molar-refractivity contribution in [1.29, 1.82) is 0 Å². The van der Waals surface area contributed by atoms with Crippen molar-refractivity contribution >= 4 is 5.91 Å². The Morgan fingerprint density at radius 2 is 2.00 bits per heavy atom. The van der Waals surface area contributed by atoms with Crippen LogP contribution in [0.2, 0.25) is 0 Å². The molecule has 1 N–H and O–H groups in total. The number of carbonyl (C=O) groups excluding carboxylic acids is 1. The van der Waals surface area contributed by atoms with E-state index in [1.54, 1.807) is 0 Å². The first-order valence-electron chi connectivity index (χ1n) is 7.31. The molecule has 0 saturated heterocycles. The van der Waals surface area contributed by atoms with E-state index in [0.717, 1.165) is 17.1 Å². The summed E-state index contributed by atoms with van der Waals surface area (Å²) in [6, 6.07) is 8.11. The van der Waals surface area contributed by atoms with Gasteiger partial charge >= 0.3 is 0 Å². The fourth-order valence-electron chi connectivity index (χ4n) is 2.37. The van der Waals surface area contributed by atoms with Gasteiger partial charge in [0.15, 0.2) is 0 Å². The highest BCUT2D eigenvalue weighted by Gasteiger charge is 2.19. The zero-order chi connectivity index (χ0) is 15.6. The molecule has 21 heavy (non-hydrogen) atoms. The second-order valence-electron chi connectivity index (χ2n) is 5.90. The van der Waals surface area contributed by atoms with Crippen LogP contribution in [0.3, 0.4) is 0 Å². The lowest BCUT2D eigenvalue weighted by atomic mass is 10.1. The van der Waals surface area contributed by atoms with Gasteiger partial charge in [-0.3, -0.25) is 4.79 Å². The highest BCUT2D eigenvalue weighted by Crippen LogP contribution is 2.18. The fraction of sp³-hybridized carbons (Fsp3) is 0.412. The molecule has 4 heteroatoms. The first kappa shape index (κ1) is 15.3. The Kier molecular flexibility index (Phi) is 4.46. The van der Waals surface area contributed by atoms with Crippen LogP contribution < -0.4 is 5.32 Å². The standard InChI is InChI=1S/C17H23N3O/c1-11(2)10-18-17(21)16-13(4)19-20(14(16)5)15-8-6-7-12(3)9-15/h6-9,11H,10H2,1-5H3,(H,18,21). The third-order valence-corrected chi connectivity index (χ3v) is 3.44. The van der Waals surface area contributed by atoms with Crippen molar-refractivity contribution in [2.24, 2.45) is 5.92 Å². The number of nitrogens with one attached hydrogen (secondary N) is 1. The van der Waals surface area contributed by atoms with E-state index in [1.807, 2.05) is 43.7 Å². The van der Waals surface area contributed by atoms with Gasteiger partial charge in [-0.25, -0.2) is 4.68 Å². The predicted molar refractivity (Wildman–Crippen MR) is 84.9 cm³/mol. The highest BCUT2D eigenvalue weighted by atomic mass is 16.1. The van der Waals surface area contributed by atoms with E-state index in [0.29, 0.717) is 18.0 Å². The van der Waals surface area contributed by atoms with Crippen molar-refractivity contribution in [3.05, 3.63) is 46.8 Å². The molecule has 0 saturated carbocycles. The van der Waals surface area contributed by atoms with Crippen LogP contribution in [0.15, 0.2) is 24.3 Å². The largest absolute Gasteiger partial charge is 0.352 e. The average molecular weight is 285 g/mol. The first-order valence-corrected chi connectivity index (χ1v) is 7.31. The number of amides is 1. The van der Waals surface area contributed by atoms with Crippen molar-refractivity contribution in [1.82, 2.24) is 15.1 Å². The summed E-state index contributed by atoms with van der Waals surface area (Å²) >= 11 is 0. The number of carbonyl (C=O) groups is 1. The van der Waals surface area contributed by atoms with Crippen LogP contribution in [0.4, 0.5) is 0 Å². The second kappa shape index (κ2) is 6.12. The molecule has 1 aromatic carbocycles. The summed E-state index contributed by atoms with van der Waals surface area (Å²) in [7, 11) is 0.